The Bertz CT molecular complexity index is 783. The smallest absolute Gasteiger partial charge is 0.247 e. The first-order valence-electron chi connectivity index (χ1n) is 5.64. The van der Waals surface area contributed by atoms with Crippen molar-refractivity contribution in [3.8, 4) is 11.1 Å². The zero-order chi connectivity index (χ0) is 15.8. The molecule has 2 aromatic rings. The summed E-state index contributed by atoms with van der Waals surface area (Å²) < 4.78 is 50.6. The molecular weight excluding hydrogens is 344 g/mol. The Morgan fingerprint density at radius 1 is 1.05 bits per heavy atom. The molecule has 2 aromatic carbocycles. The fourth-order valence-corrected chi connectivity index (χ4v) is 3.27. The van der Waals surface area contributed by atoms with Crippen LogP contribution in [0.3, 0.4) is 0 Å². The Labute approximate surface area is 129 Å². The SMILES string of the molecule is C=S(=O)(Cl)c1ccc(C(F)(F)F)cc1-c1ccccc1Cl. The Balaban J connectivity index is 2.80. The molecule has 1 atom stereocenters. The van der Waals surface area contributed by atoms with E-state index in [2.05, 4.69) is 5.87 Å². The first-order chi connectivity index (χ1) is 9.60. The lowest BCUT2D eigenvalue weighted by Gasteiger charge is -2.14. The van der Waals surface area contributed by atoms with Gasteiger partial charge in [0.1, 0.15) is 0 Å². The van der Waals surface area contributed by atoms with E-state index in [1.54, 1.807) is 12.1 Å². The maximum atomic E-state index is 12.9. The van der Waals surface area contributed by atoms with Gasteiger partial charge in [-0.25, -0.2) is 4.21 Å². The van der Waals surface area contributed by atoms with E-state index in [1.807, 2.05) is 0 Å². The van der Waals surface area contributed by atoms with Crippen LogP contribution in [0.1, 0.15) is 5.56 Å². The third-order valence-electron chi connectivity index (χ3n) is 2.80. The highest BCUT2D eigenvalue weighted by Gasteiger charge is 2.31. The minimum Gasteiger partial charge on any atom is -0.247 e. The topological polar surface area (TPSA) is 17.1 Å². The van der Waals surface area contributed by atoms with Gasteiger partial charge >= 0.3 is 6.18 Å². The molecule has 0 aliphatic heterocycles. The van der Waals surface area contributed by atoms with Gasteiger partial charge in [0.05, 0.1) is 19.2 Å². The molecule has 0 N–H and O–H groups in total. The normalized spacial score (nSPS) is 14.7. The lowest BCUT2D eigenvalue weighted by Crippen LogP contribution is -2.06. The van der Waals surface area contributed by atoms with Crippen molar-refractivity contribution in [2.45, 2.75) is 11.1 Å². The Morgan fingerprint density at radius 3 is 2.19 bits per heavy atom. The highest BCUT2D eigenvalue weighted by Crippen LogP contribution is 2.38. The number of benzene rings is 2. The molecule has 0 saturated carbocycles. The quantitative estimate of drug-likeness (QED) is 0.532. The number of halogens is 5. The standard InChI is InChI=1S/C14H9Cl2F3OS/c1-21(16,20)13-7-6-9(14(17,18)19)8-11(13)10-4-2-3-5-12(10)15/h2-8H,1H2. The molecule has 0 fully saturated rings. The highest BCUT2D eigenvalue weighted by atomic mass is 35.7. The number of hydrogen-bond acceptors (Lipinski definition) is 1. The van der Waals surface area contributed by atoms with Crippen molar-refractivity contribution < 1.29 is 17.4 Å². The lowest BCUT2D eigenvalue weighted by atomic mass is 10.0. The molecule has 0 heterocycles. The zero-order valence-corrected chi connectivity index (χ0v) is 12.8. The minimum atomic E-state index is -4.52. The van der Waals surface area contributed by atoms with Crippen LogP contribution in [-0.4, -0.2) is 10.1 Å². The fourth-order valence-electron chi connectivity index (χ4n) is 1.86. The van der Waals surface area contributed by atoms with Crippen molar-refractivity contribution in [2.24, 2.45) is 0 Å². The maximum Gasteiger partial charge on any atom is 0.416 e. The average molecular weight is 353 g/mol. The van der Waals surface area contributed by atoms with Gasteiger partial charge in [0.15, 0.2) is 0 Å². The Morgan fingerprint density at radius 2 is 1.67 bits per heavy atom. The molecule has 0 aliphatic carbocycles. The summed E-state index contributed by atoms with van der Waals surface area (Å²) in [5.74, 6) is 3.32. The van der Waals surface area contributed by atoms with Gasteiger partial charge in [0.25, 0.3) is 0 Å². The van der Waals surface area contributed by atoms with Crippen LogP contribution in [0, 0.1) is 0 Å². The molecule has 0 spiro atoms. The van der Waals surface area contributed by atoms with Gasteiger partial charge in [0.2, 0.25) is 0 Å². The van der Waals surface area contributed by atoms with Gasteiger partial charge in [-0.05, 0) is 40.8 Å². The maximum absolute atomic E-state index is 12.9. The lowest BCUT2D eigenvalue weighted by molar-refractivity contribution is -0.137. The second-order valence-corrected chi connectivity index (χ2v) is 7.82. The molecular formula is C14H9Cl2F3OS. The van der Waals surface area contributed by atoms with E-state index in [4.69, 9.17) is 22.3 Å². The van der Waals surface area contributed by atoms with E-state index in [0.717, 1.165) is 18.2 Å². The molecule has 0 radical (unpaired) electrons. The van der Waals surface area contributed by atoms with E-state index in [9.17, 15) is 17.4 Å². The minimum absolute atomic E-state index is 0.0188. The summed E-state index contributed by atoms with van der Waals surface area (Å²) in [4.78, 5) is 0.0188. The van der Waals surface area contributed by atoms with Crippen LogP contribution in [0.4, 0.5) is 13.2 Å². The molecule has 0 amide bonds. The summed E-state index contributed by atoms with van der Waals surface area (Å²) in [6, 6.07) is 9.09. The van der Waals surface area contributed by atoms with Crippen LogP contribution in [0.2, 0.25) is 5.02 Å². The Kier molecular flexibility index (Phi) is 4.29. The van der Waals surface area contributed by atoms with Crippen molar-refractivity contribution in [1.29, 1.82) is 0 Å². The molecule has 1 nitrogen and oxygen atoms in total. The number of alkyl halides is 3. The van der Waals surface area contributed by atoms with Crippen LogP contribution < -0.4 is 0 Å². The average Bonchev–Trinajstić information content (AvgIpc) is 2.36. The van der Waals surface area contributed by atoms with Crippen molar-refractivity contribution in [1.82, 2.24) is 0 Å². The summed E-state index contributed by atoms with van der Waals surface area (Å²) in [5.41, 5.74) is -0.496. The second kappa shape index (κ2) is 5.55. The van der Waals surface area contributed by atoms with E-state index >= 15 is 0 Å². The molecule has 21 heavy (non-hydrogen) atoms. The molecule has 0 bridgehead atoms. The second-order valence-electron chi connectivity index (χ2n) is 4.28. The van der Waals surface area contributed by atoms with E-state index in [0.29, 0.717) is 5.56 Å². The molecule has 0 aromatic heterocycles. The fraction of sp³-hybridized carbons (Fsp3) is 0.0714. The van der Waals surface area contributed by atoms with Crippen LogP contribution >= 0.6 is 22.3 Å². The summed E-state index contributed by atoms with van der Waals surface area (Å²) in [6.07, 6.45) is -4.52. The van der Waals surface area contributed by atoms with E-state index < -0.39 is 20.5 Å². The van der Waals surface area contributed by atoms with Gasteiger partial charge in [0, 0.05) is 16.1 Å². The van der Waals surface area contributed by atoms with Gasteiger partial charge in [-0.2, -0.15) is 13.2 Å². The number of rotatable bonds is 2. The van der Waals surface area contributed by atoms with Crippen LogP contribution in [0.25, 0.3) is 11.1 Å². The molecule has 7 heteroatoms. The van der Waals surface area contributed by atoms with Gasteiger partial charge in [-0.15, -0.1) is 0 Å². The zero-order valence-electron chi connectivity index (χ0n) is 10.5. The summed E-state index contributed by atoms with van der Waals surface area (Å²) >= 11 is 6.01. The van der Waals surface area contributed by atoms with Crippen molar-refractivity contribution in [3.63, 3.8) is 0 Å². The van der Waals surface area contributed by atoms with E-state index in [1.165, 1.54) is 12.1 Å². The predicted molar refractivity (Wildman–Crippen MR) is 81.3 cm³/mol. The first-order valence-corrected chi connectivity index (χ1v) is 8.57. The molecule has 1 unspecified atom stereocenters. The van der Waals surface area contributed by atoms with E-state index in [-0.39, 0.29) is 15.5 Å². The Hall–Kier alpha value is -1.17. The summed E-state index contributed by atoms with van der Waals surface area (Å²) in [5, 5.41) is 0.235. The first kappa shape index (κ1) is 16.2. The number of hydrogen-bond donors (Lipinski definition) is 0. The van der Waals surface area contributed by atoms with Crippen LogP contribution in [0.15, 0.2) is 47.4 Å². The van der Waals surface area contributed by atoms with Crippen LogP contribution in [0.5, 0.6) is 0 Å². The third kappa shape index (κ3) is 3.54. The predicted octanol–water partition coefficient (Wildman–Crippen LogP) is 5.25. The molecule has 112 valence electrons. The van der Waals surface area contributed by atoms with Crippen molar-refractivity contribution >= 4 is 36.9 Å². The molecule has 0 aliphatic rings. The third-order valence-corrected chi connectivity index (χ3v) is 4.64. The van der Waals surface area contributed by atoms with Gasteiger partial charge in [-0.3, -0.25) is 0 Å². The van der Waals surface area contributed by atoms with Crippen molar-refractivity contribution in [2.75, 3.05) is 0 Å². The summed E-state index contributed by atoms with van der Waals surface area (Å²) in [6.45, 7) is 0. The monoisotopic (exact) mass is 352 g/mol. The molecule has 0 saturated heterocycles. The molecule has 2 rings (SSSR count). The van der Waals surface area contributed by atoms with Gasteiger partial charge < -0.3 is 0 Å². The van der Waals surface area contributed by atoms with Gasteiger partial charge in [-0.1, -0.05) is 29.8 Å². The van der Waals surface area contributed by atoms with Crippen LogP contribution in [-0.2, 0) is 14.9 Å². The largest absolute Gasteiger partial charge is 0.416 e. The van der Waals surface area contributed by atoms with Crippen molar-refractivity contribution in [3.05, 3.63) is 53.1 Å². The highest BCUT2D eigenvalue weighted by molar-refractivity contribution is 8.21. The summed E-state index contributed by atoms with van der Waals surface area (Å²) in [7, 11) is 2.51.